The molecule has 4 aromatic rings. The molecule has 1 aliphatic carbocycles. The van der Waals surface area contributed by atoms with Crippen LogP contribution in [0.15, 0.2) is 41.5 Å². The van der Waals surface area contributed by atoms with Crippen LogP contribution in [0, 0.1) is 6.92 Å². The molecule has 0 radical (unpaired) electrons. The smallest absolute Gasteiger partial charge is 0.274 e. The lowest BCUT2D eigenvalue weighted by Crippen LogP contribution is -2.25. The second-order valence-electron chi connectivity index (χ2n) is 9.03. The summed E-state index contributed by atoms with van der Waals surface area (Å²) in [4.78, 5) is 33.6. The molecule has 4 heterocycles. The number of hydrogen-bond acceptors (Lipinski definition) is 6. The SMILES string of the molecule is Cc1cccnc1Oc1cc(P(C)(C)=O)sc1-c1cn(C)c(=O)c2[nH]c(C(=O)NC3CC3)cc12. The summed E-state index contributed by atoms with van der Waals surface area (Å²) in [6.07, 6.45) is 5.32. The molecule has 0 unspecified atom stereocenters. The quantitative estimate of drug-likeness (QED) is 0.389. The van der Waals surface area contributed by atoms with Crippen molar-refractivity contribution >= 4 is 39.9 Å². The van der Waals surface area contributed by atoms with E-state index in [9.17, 15) is 14.2 Å². The van der Waals surface area contributed by atoms with Gasteiger partial charge in [0.15, 0.2) is 0 Å². The van der Waals surface area contributed by atoms with Crippen molar-refractivity contribution in [2.45, 2.75) is 25.8 Å². The summed E-state index contributed by atoms with van der Waals surface area (Å²) in [5.41, 5.74) is 2.02. The second-order valence-corrected chi connectivity index (χ2v) is 13.6. The molecule has 176 valence electrons. The van der Waals surface area contributed by atoms with E-state index in [1.165, 1.54) is 15.9 Å². The van der Waals surface area contributed by atoms with Crippen LogP contribution < -0.4 is 20.2 Å². The van der Waals surface area contributed by atoms with E-state index in [-0.39, 0.29) is 17.5 Å². The first-order chi connectivity index (χ1) is 16.1. The molecule has 0 atom stereocenters. The van der Waals surface area contributed by atoms with E-state index >= 15 is 0 Å². The fourth-order valence-corrected chi connectivity index (χ4v) is 6.13. The minimum absolute atomic E-state index is 0.200. The Morgan fingerprint density at radius 1 is 1.32 bits per heavy atom. The normalized spacial score (nSPS) is 13.9. The van der Waals surface area contributed by atoms with Crippen LogP contribution in [0.2, 0.25) is 0 Å². The number of pyridine rings is 2. The molecule has 34 heavy (non-hydrogen) atoms. The Bertz CT molecular complexity index is 1540. The summed E-state index contributed by atoms with van der Waals surface area (Å²) in [5.74, 6) is 0.733. The zero-order valence-corrected chi connectivity index (χ0v) is 21.0. The van der Waals surface area contributed by atoms with Gasteiger partial charge in [-0.25, -0.2) is 4.98 Å². The molecule has 10 heteroatoms. The molecule has 0 spiro atoms. The van der Waals surface area contributed by atoms with Gasteiger partial charge in [0.05, 0.1) is 9.50 Å². The Hall–Kier alpha value is -3.16. The maximum atomic E-state index is 12.9. The lowest BCUT2D eigenvalue weighted by atomic mass is 10.1. The van der Waals surface area contributed by atoms with E-state index in [4.69, 9.17) is 4.74 Å². The lowest BCUT2D eigenvalue weighted by molar-refractivity contribution is 0.0947. The summed E-state index contributed by atoms with van der Waals surface area (Å²) < 4.78 is 21.3. The molecular formula is C24H25N4O4PS. The lowest BCUT2D eigenvalue weighted by Gasteiger charge is -2.10. The molecule has 4 aromatic heterocycles. The fourth-order valence-electron chi connectivity index (χ4n) is 3.70. The van der Waals surface area contributed by atoms with E-state index in [1.54, 1.807) is 44.9 Å². The number of nitrogens with one attached hydrogen (secondary N) is 2. The fraction of sp³-hybridized carbons (Fsp3) is 0.292. The van der Waals surface area contributed by atoms with Gasteiger partial charge >= 0.3 is 0 Å². The number of carbonyl (C=O) groups is 1. The van der Waals surface area contributed by atoms with Gasteiger partial charge in [-0.3, -0.25) is 9.59 Å². The van der Waals surface area contributed by atoms with Crippen molar-refractivity contribution in [3.05, 3.63) is 58.3 Å². The number of fused-ring (bicyclic) bond motifs is 1. The first kappa shape index (κ1) is 22.6. The standard InChI is InChI=1S/C24H25N4O4PS/c1-13-6-5-9-25-23(13)32-18-11-19(33(3,4)31)34-21(18)16-12-28(2)24(30)20-15(16)10-17(27-20)22(29)26-14-7-8-14/h5-6,9-12,14,27H,7-8H2,1-4H3,(H,26,29). The Kier molecular flexibility index (Phi) is 5.49. The highest BCUT2D eigenvalue weighted by molar-refractivity contribution is 7.75. The highest BCUT2D eigenvalue weighted by atomic mass is 32.1. The van der Waals surface area contributed by atoms with Crippen LogP contribution in [0.1, 0.15) is 28.9 Å². The summed E-state index contributed by atoms with van der Waals surface area (Å²) in [7, 11) is -0.920. The molecule has 0 saturated heterocycles. The predicted molar refractivity (Wildman–Crippen MR) is 135 cm³/mol. The Morgan fingerprint density at radius 2 is 2.09 bits per heavy atom. The van der Waals surface area contributed by atoms with E-state index in [0.29, 0.717) is 38.4 Å². The first-order valence-electron chi connectivity index (χ1n) is 10.9. The van der Waals surface area contributed by atoms with Crippen LogP contribution in [-0.4, -0.2) is 39.8 Å². The van der Waals surface area contributed by atoms with E-state index in [1.807, 2.05) is 19.1 Å². The molecule has 1 aliphatic rings. The number of amides is 1. The Labute approximate surface area is 200 Å². The Morgan fingerprint density at radius 3 is 2.76 bits per heavy atom. The molecule has 1 amide bonds. The molecule has 8 nitrogen and oxygen atoms in total. The van der Waals surface area contributed by atoms with Gasteiger partial charge < -0.3 is 24.2 Å². The van der Waals surface area contributed by atoms with Crippen molar-refractivity contribution in [2.24, 2.45) is 7.05 Å². The van der Waals surface area contributed by atoms with Crippen LogP contribution in [0.4, 0.5) is 0 Å². The number of aromatic amines is 1. The summed E-state index contributed by atoms with van der Waals surface area (Å²) >= 11 is 1.37. The summed E-state index contributed by atoms with van der Waals surface area (Å²) in [6, 6.07) is 7.43. The highest BCUT2D eigenvalue weighted by Crippen LogP contribution is 2.47. The van der Waals surface area contributed by atoms with Gasteiger partial charge in [-0.05, 0) is 45.2 Å². The maximum absolute atomic E-state index is 12.9. The van der Waals surface area contributed by atoms with Crippen molar-refractivity contribution in [2.75, 3.05) is 13.3 Å². The van der Waals surface area contributed by atoms with Crippen LogP contribution in [0.25, 0.3) is 21.3 Å². The Balaban J connectivity index is 1.70. The zero-order valence-electron chi connectivity index (χ0n) is 19.3. The number of carbonyl (C=O) groups excluding carboxylic acids is 1. The van der Waals surface area contributed by atoms with Gasteiger partial charge in [0, 0.05) is 48.1 Å². The molecule has 0 aliphatic heterocycles. The van der Waals surface area contributed by atoms with Crippen LogP contribution in [0.5, 0.6) is 11.6 Å². The van der Waals surface area contributed by atoms with E-state index in [0.717, 1.165) is 23.3 Å². The molecule has 1 saturated carbocycles. The minimum Gasteiger partial charge on any atom is -0.437 e. The maximum Gasteiger partial charge on any atom is 0.274 e. The third kappa shape index (κ3) is 4.21. The second kappa shape index (κ2) is 8.25. The van der Waals surface area contributed by atoms with Gasteiger partial charge in [0.2, 0.25) is 5.88 Å². The number of ether oxygens (including phenoxy) is 1. The summed E-state index contributed by atoms with van der Waals surface area (Å²) in [6.45, 7) is 5.33. The first-order valence-corrected chi connectivity index (χ1v) is 14.4. The van der Waals surface area contributed by atoms with Gasteiger partial charge in [-0.15, -0.1) is 11.3 Å². The predicted octanol–water partition coefficient (Wildman–Crippen LogP) is 4.23. The highest BCUT2D eigenvalue weighted by Gasteiger charge is 2.27. The topological polar surface area (TPSA) is 106 Å². The average Bonchev–Trinajstić information content (AvgIpc) is 3.31. The molecule has 5 rings (SSSR count). The van der Waals surface area contributed by atoms with E-state index < -0.39 is 7.14 Å². The van der Waals surface area contributed by atoms with Crippen molar-refractivity contribution in [1.29, 1.82) is 0 Å². The molecule has 1 fully saturated rings. The van der Waals surface area contributed by atoms with Crippen molar-refractivity contribution in [3.63, 3.8) is 0 Å². The molecular weight excluding hydrogens is 471 g/mol. The number of H-pyrrole nitrogens is 1. The van der Waals surface area contributed by atoms with Gasteiger partial charge in [0.1, 0.15) is 24.1 Å². The summed E-state index contributed by atoms with van der Waals surface area (Å²) in [5, 5.41) is 3.57. The van der Waals surface area contributed by atoms with E-state index in [2.05, 4.69) is 15.3 Å². The zero-order chi connectivity index (χ0) is 24.2. The minimum atomic E-state index is -2.58. The number of nitrogens with zero attached hydrogens (tertiary/aromatic N) is 2. The number of rotatable bonds is 6. The molecule has 0 bridgehead atoms. The number of aromatic nitrogens is 3. The number of aryl methyl sites for hydroxylation is 2. The average molecular weight is 497 g/mol. The van der Waals surface area contributed by atoms with Gasteiger partial charge in [0.25, 0.3) is 11.5 Å². The van der Waals surface area contributed by atoms with Crippen LogP contribution in [0.3, 0.4) is 0 Å². The van der Waals surface area contributed by atoms with Crippen LogP contribution >= 0.6 is 18.5 Å². The van der Waals surface area contributed by atoms with Crippen LogP contribution in [-0.2, 0) is 11.6 Å². The van der Waals surface area contributed by atoms with Gasteiger partial charge in [-0.2, -0.15) is 0 Å². The monoisotopic (exact) mass is 496 g/mol. The number of hydrogen-bond donors (Lipinski definition) is 2. The molecule has 2 N–H and O–H groups in total. The van der Waals surface area contributed by atoms with Crippen molar-refractivity contribution in [1.82, 2.24) is 19.9 Å². The molecule has 0 aromatic carbocycles. The van der Waals surface area contributed by atoms with Gasteiger partial charge in [-0.1, -0.05) is 6.07 Å². The number of thiophene rings is 1. The third-order valence-corrected chi connectivity index (χ3v) is 9.49. The van der Waals surface area contributed by atoms with Crippen molar-refractivity contribution in [3.8, 4) is 22.1 Å². The third-order valence-electron chi connectivity index (χ3n) is 5.75. The largest absolute Gasteiger partial charge is 0.437 e. The van der Waals surface area contributed by atoms with Crippen molar-refractivity contribution < 1.29 is 14.1 Å².